The number of esters is 2. The summed E-state index contributed by atoms with van der Waals surface area (Å²) < 4.78 is 16.5. The van der Waals surface area contributed by atoms with E-state index in [-0.39, 0.29) is 35.9 Å². The van der Waals surface area contributed by atoms with Crippen LogP contribution in [0.2, 0.25) is 0 Å². The first-order valence-corrected chi connectivity index (χ1v) is 11.4. The number of dihydropyridines is 1. The van der Waals surface area contributed by atoms with Crippen LogP contribution in [0.5, 0.6) is 0 Å². The number of benzene rings is 1. The van der Waals surface area contributed by atoms with Crippen molar-refractivity contribution >= 4 is 23.5 Å². The van der Waals surface area contributed by atoms with E-state index in [2.05, 4.69) is 10.6 Å². The number of nitrogens with zero attached hydrogens (tertiary/aromatic N) is 1. The molecule has 0 saturated carbocycles. The maximum atomic E-state index is 13.3. The number of non-ortho nitro benzene ring substituents is 1. The lowest BCUT2D eigenvalue weighted by molar-refractivity contribution is -0.384. The predicted octanol–water partition coefficient (Wildman–Crippen LogP) is 2.58. The van der Waals surface area contributed by atoms with E-state index in [1.165, 1.54) is 25.1 Å². The molecule has 1 amide bonds. The minimum atomic E-state index is -0.972. The Kier molecular flexibility index (Phi) is 8.58. The molecule has 3 rings (SSSR count). The SMILES string of the molecule is CC(=O)NCCOC(=O)C1=C(C)NC(C)=C(C(=O)OC2CCCCO2)[C@H]1c1cccc([N+](=O)[O-])c1. The monoisotopic (exact) mass is 487 g/mol. The zero-order valence-electron chi connectivity index (χ0n) is 19.9. The number of hydrogen-bond donors (Lipinski definition) is 2. The maximum Gasteiger partial charge on any atom is 0.339 e. The van der Waals surface area contributed by atoms with Crippen LogP contribution in [0.3, 0.4) is 0 Å². The average Bonchev–Trinajstić information content (AvgIpc) is 2.81. The Morgan fingerprint density at radius 2 is 1.89 bits per heavy atom. The van der Waals surface area contributed by atoms with Gasteiger partial charge >= 0.3 is 11.9 Å². The maximum absolute atomic E-state index is 13.3. The topological polar surface area (TPSA) is 146 Å². The highest BCUT2D eigenvalue weighted by molar-refractivity contribution is 6.00. The van der Waals surface area contributed by atoms with Gasteiger partial charge < -0.3 is 24.8 Å². The van der Waals surface area contributed by atoms with Crippen LogP contribution in [-0.4, -0.2) is 48.8 Å². The zero-order chi connectivity index (χ0) is 25.5. The first kappa shape index (κ1) is 25.9. The van der Waals surface area contributed by atoms with E-state index in [1.807, 2.05) is 0 Å². The number of carbonyl (C=O) groups excluding carboxylic acids is 3. The number of carbonyl (C=O) groups is 3. The van der Waals surface area contributed by atoms with Crippen molar-refractivity contribution in [2.24, 2.45) is 0 Å². The summed E-state index contributed by atoms with van der Waals surface area (Å²) in [4.78, 5) is 48.5. The van der Waals surface area contributed by atoms with E-state index >= 15 is 0 Å². The molecule has 1 fully saturated rings. The molecule has 11 nitrogen and oxygen atoms in total. The van der Waals surface area contributed by atoms with Gasteiger partial charge in [-0.2, -0.15) is 0 Å². The van der Waals surface area contributed by atoms with Gasteiger partial charge in [0, 0.05) is 36.9 Å². The molecule has 0 bridgehead atoms. The van der Waals surface area contributed by atoms with Gasteiger partial charge in [0.1, 0.15) is 6.61 Å². The first-order valence-electron chi connectivity index (χ1n) is 11.4. The smallest absolute Gasteiger partial charge is 0.339 e. The summed E-state index contributed by atoms with van der Waals surface area (Å²) >= 11 is 0. The number of amides is 1. The van der Waals surface area contributed by atoms with Crippen molar-refractivity contribution in [2.75, 3.05) is 19.8 Å². The molecule has 2 aliphatic heterocycles. The van der Waals surface area contributed by atoms with Crippen molar-refractivity contribution in [1.29, 1.82) is 0 Å². The summed E-state index contributed by atoms with van der Waals surface area (Å²) in [6.45, 7) is 5.18. The lowest BCUT2D eigenvalue weighted by Gasteiger charge is -2.31. The molecule has 11 heteroatoms. The van der Waals surface area contributed by atoms with E-state index < -0.39 is 29.1 Å². The Hall–Kier alpha value is -3.73. The predicted molar refractivity (Wildman–Crippen MR) is 124 cm³/mol. The van der Waals surface area contributed by atoms with Crippen molar-refractivity contribution in [1.82, 2.24) is 10.6 Å². The highest BCUT2D eigenvalue weighted by Crippen LogP contribution is 2.40. The Morgan fingerprint density at radius 1 is 1.17 bits per heavy atom. The summed E-state index contributed by atoms with van der Waals surface area (Å²) in [5.41, 5.74) is 1.33. The van der Waals surface area contributed by atoms with Crippen molar-refractivity contribution < 1.29 is 33.5 Å². The van der Waals surface area contributed by atoms with E-state index in [4.69, 9.17) is 14.2 Å². The normalized spacial score (nSPS) is 20.1. The van der Waals surface area contributed by atoms with Crippen molar-refractivity contribution in [2.45, 2.75) is 52.2 Å². The highest BCUT2D eigenvalue weighted by atomic mass is 16.7. The molecule has 1 aromatic rings. The molecular weight excluding hydrogens is 458 g/mol. The van der Waals surface area contributed by atoms with E-state index in [1.54, 1.807) is 19.9 Å². The summed E-state index contributed by atoms with van der Waals surface area (Å²) in [7, 11) is 0. The second kappa shape index (κ2) is 11.6. The molecule has 2 N–H and O–H groups in total. The molecule has 0 radical (unpaired) electrons. The molecule has 0 spiro atoms. The van der Waals surface area contributed by atoms with Crippen LogP contribution in [-0.2, 0) is 28.6 Å². The van der Waals surface area contributed by atoms with Crippen LogP contribution in [0.15, 0.2) is 46.8 Å². The molecule has 1 aromatic carbocycles. The van der Waals surface area contributed by atoms with Crippen LogP contribution in [0.1, 0.15) is 51.5 Å². The number of nitrogens with one attached hydrogen (secondary N) is 2. The second-order valence-corrected chi connectivity index (χ2v) is 8.31. The molecule has 188 valence electrons. The Balaban J connectivity index is 1.97. The fourth-order valence-corrected chi connectivity index (χ4v) is 4.12. The van der Waals surface area contributed by atoms with Gasteiger partial charge in [-0.15, -0.1) is 0 Å². The summed E-state index contributed by atoms with van der Waals surface area (Å²) in [6.07, 6.45) is 1.58. The Labute approximate surface area is 202 Å². The van der Waals surface area contributed by atoms with E-state index in [0.717, 1.165) is 12.8 Å². The van der Waals surface area contributed by atoms with Crippen LogP contribution in [0, 0.1) is 10.1 Å². The van der Waals surface area contributed by atoms with Crippen LogP contribution in [0.25, 0.3) is 0 Å². The van der Waals surface area contributed by atoms with Gasteiger partial charge in [0.2, 0.25) is 12.2 Å². The quantitative estimate of drug-likeness (QED) is 0.244. The lowest BCUT2D eigenvalue weighted by atomic mass is 9.80. The average molecular weight is 488 g/mol. The molecule has 2 aliphatic rings. The fourth-order valence-electron chi connectivity index (χ4n) is 4.12. The van der Waals surface area contributed by atoms with Crippen molar-refractivity contribution in [3.63, 3.8) is 0 Å². The second-order valence-electron chi connectivity index (χ2n) is 8.31. The molecule has 35 heavy (non-hydrogen) atoms. The Bertz CT molecular complexity index is 1070. The minimum Gasteiger partial charge on any atom is -0.460 e. The Morgan fingerprint density at radius 3 is 2.51 bits per heavy atom. The number of allylic oxidation sites excluding steroid dienone is 2. The number of nitro benzene ring substituents is 1. The largest absolute Gasteiger partial charge is 0.460 e. The molecule has 0 aromatic heterocycles. The third kappa shape index (κ3) is 6.44. The van der Waals surface area contributed by atoms with Crippen molar-refractivity contribution in [3.05, 3.63) is 62.5 Å². The molecule has 2 atom stereocenters. The first-order chi connectivity index (χ1) is 16.7. The van der Waals surface area contributed by atoms with Gasteiger partial charge in [0.15, 0.2) is 0 Å². The molecular formula is C24H29N3O8. The van der Waals surface area contributed by atoms with Gasteiger partial charge in [0.05, 0.1) is 35.1 Å². The number of rotatable bonds is 8. The fraction of sp³-hybridized carbons (Fsp3) is 0.458. The zero-order valence-corrected chi connectivity index (χ0v) is 19.9. The van der Waals surface area contributed by atoms with Crippen molar-refractivity contribution in [3.8, 4) is 0 Å². The number of nitro groups is 1. The van der Waals surface area contributed by atoms with E-state index in [9.17, 15) is 24.5 Å². The van der Waals surface area contributed by atoms with Crippen LogP contribution in [0.4, 0.5) is 5.69 Å². The van der Waals surface area contributed by atoms with Gasteiger partial charge in [0.25, 0.3) is 5.69 Å². The standard InChI is InChI=1S/C24H29N3O8/c1-14-20(23(29)34-12-10-25-16(3)28)22(17-7-6-8-18(13-17)27(31)32)21(15(2)26-14)24(30)35-19-9-4-5-11-33-19/h6-8,13,19,22,26H,4-5,9-12H2,1-3H3,(H,25,28)/t19?,22-/m0/s1. The minimum absolute atomic E-state index is 0.0881. The molecule has 2 heterocycles. The van der Waals surface area contributed by atoms with Gasteiger partial charge in [-0.05, 0) is 32.3 Å². The lowest BCUT2D eigenvalue weighted by Crippen LogP contribution is -2.35. The summed E-state index contributed by atoms with van der Waals surface area (Å²) in [5, 5.41) is 17.0. The van der Waals surface area contributed by atoms with Gasteiger partial charge in [-0.25, -0.2) is 9.59 Å². The molecule has 1 unspecified atom stereocenters. The third-order valence-corrected chi connectivity index (χ3v) is 5.70. The van der Waals surface area contributed by atoms with E-state index in [0.29, 0.717) is 30.0 Å². The van der Waals surface area contributed by atoms with Crippen LogP contribution < -0.4 is 10.6 Å². The summed E-state index contributed by atoms with van der Waals surface area (Å²) in [6, 6.07) is 5.76. The van der Waals surface area contributed by atoms with Crippen LogP contribution >= 0.6 is 0 Å². The van der Waals surface area contributed by atoms with Gasteiger partial charge in [-0.1, -0.05) is 12.1 Å². The summed E-state index contributed by atoms with van der Waals surface area (Å²) in [5.74, 6) is -2.64. The highest BCUT2D eigenvalue weighted by Gasteiger charge is 2.39. The molecule has 1 saturated heterocycles. The third-order valence-electron chi connectivity index (χ3n) is 5.70. The number of ether oxygens (including phenoxy) is 3. The molecule has 0 aliphatic carbocycles. The van der Waals surface area contributed by atoms with Gasteiger partial charge in [-0.3, -0.25) is 14.9 Å². The number of hydrogen-bond acceptors (Lipinski definition) is 9.